The molecular weight excluding hydrogens is 463 g/mol. The Morgan fingerprint density at radius 2 is 0.971 bits per heavy atom. The van der Waals surface area contributed by atoms with E-state index in [9.17, 15) is 0 Å². The molecule has 2 nitrogen and oxygen atoms in total. The van der Waals surface area contributed by atoms with Crippen molar-refractivity contribution in [1.82, 2.24) is 0 Å². The van der Waals surface area contributed by atoms with Gasteiger partial charge in [0.2, 0.25) is 0 Å². The minimum atomic E-state index is 0.173. The highest BCUT2D eigenvalue weighted by molar-refractivity contribution is 6.30. The Bertz CT molecular complexity index is 918. The van der Waals surface area contributed by atoms with Crippen LogP contribution in [0.2, 0.25) is 10.0 Å². The van der Waals surface area contributed by atoms with Crippen LogP contribution in [0.5, 0.6) is 0 Å². The highest BCUT2D eigenvalue weighted by atomic mass is 35.5. The van der Waals surface area contributed by atoms with Crippen LogP contribution in [0.15, 0.2) is 48.5 Å². The van der Waals surface area contributed by atoms with Crippen LogP contribution in [0.1, 0.15) is 64.5 Å². The van der Waals surface area contributed by atoms with Gasteiger partial charge in [-0.2, -0.15) is 0 Å². The number of hydrogen-bond donors (Lipinski definition) is 0. The second kappa shape index (κ2) is 8.80. The van der Waals surface area contributed by atoms with Gasteiger partial charge < -0.3 is 9.47 Å². The Kier molecular flexibility index (Phi) is 6.37. The van der Waals surface area contributed by atoms with Crippen LogP contribution in [-0.2, 0) is 22.3 Å². The van der Waals surface area contributed by atoms with Crippen LogP contribution < -0.4 is 0 Å². The zero-order chi connectivity index (χ0) is 24.2. The maximum Gasteiger partial charge on any atom is 0.0998 e. The van der Waals surface area contributed by atoms with Crippen molar-refractivity contribution in [3.8, 4) is 0 Å². The maximum atomic E-state index is 5.92. The summed E-state index contributed by atoms with van der Waals surface area (Å²) >= 11 is 11.8. The number of rotatable bonds is 4. The van der Waals surface area contributed by atoms with Gasteiger partial charge in [0.05, 0.1) is 24.4 Å². The Labute approximate surface area is 215 Å². The molecule has 2 aliphatic heterocycles. The maximum absolute atomic E-state index is 5.92. The molecule has 0 bridgehead atoms. The molecule has 34 heavy (non-hydrogen) atoms. The van der Waals surface area contributed by atoms with Crippen LogP contribution in [0.3, 0.4) is 0 Å². The zero-order valence-electron chi connectivity index (χ0n) is 21.0. The summed E-state index contributed by atoms with van der Waals surface area (Å²) in [6, 6.07) is 16.5. The molecule has 2 spiro atoms. The van der Waals surface area contributed by atoms with E-state index >= 15 is 0 Å². The first-order chi connectivity index (χ1) is 16.1. The fraction of sp³-hybridized carbons (Fsp3) is 0.600. The van der Waals surface area contributed by atoms with Gasteiger partial charge in [-0.1, -0.05) is 75.2 Å². The van der Waals surface area contributed by atoms with Gasteiger partial charge in [-0.05, 0) is 96.6 Å². The first kappa shape index (κ1) is 24.6. The molecule has 2 heterocycles. The van der Waals surface area contributed by atoms with E-state index in [0.29, 0.717) is 22.7 Å². The molecule has 4 atom stereocenters. The average molecular weight is 502 g/mol. The number of benzene rings is 2. The Morgan fingerprint density at radius 1 is 0.647 bits per heavy atom. The summed E-state index contributed by atoms with van der Waals surface area (Å²) in [5.41, 5.74) is 3.81. The van der Waals surface area contributed by atoms with E-state index in [0.717, 1.165) is 36.1 Å². The van der Waals surface area contributed by atoms with E-state index < -0.39 is 0 Å². The quantitative estimate of drug-likeness (QED) is 0.395. The fourth-order valence-corrected chi connectivity index (χ4v) is 7.07. The SMILES string of the molecule is CC1(C)CC[C@H](Cc2ccc(Cl)cc2)[C@@]12CO2.CC1(C)CC[C@H](Cc2ccc(Cl)cc2)[C@]12CO2. The van der Waals surface area contributed by atoms with Gasteiger partial charge in [0.25, 0.3) is 0 Å². The van der Waals surface area contributed by atoms with E-state index in [2.05, 4.69) is 52.0 Å². The summed E-state index contributed by atoms with van der Waals surface area (Å²) in [6.07, 6.45) is 7.39. The molecule has 4 fully saturated rings. The molecule has 2 aliphatic carbocycles. The molecule has 2 aromatic rings. The van der Waals surface area contributed by atoms with E-state index in [4.69, 9.17) is 32.7 Å². The normalized spacial score (nSPS) is 34.2. The predicted molar refractivity (Wildman–Crippen MR) is 141 cm³/mol. The molecular formula is C30H38Cl2O2. The summed E-state index contributed by atoms with van der Waals surface area (Å²) in [6.45, 7) is 11.3. The van der Waals surface area contributed by atoms with Gasteiger partial charge in [0.1, 0.15) is 0 Å². The fourth-order valence-electron chi connectivity index (χ4n) is 6.82. The van der Waals surface area contributed by atoms with Crippen molar-refractivity contribution in [2.75, 3.05) is 13.2 Å². The molecule has 0 N–H and O–H groups in total. The summed E-state index contributed by atoms with van der Waals surface area (Å²) < 4.78 is 11.7. The predicted octanol–water partition coefficient (Wildman–Crippen LogP) is 8.18. The smallest absolute Gasteiger partial charge is 0.0998 e. The van der Waals surface area contributed by atoms with Gasteiger partial charge in [-0.25, -0.2) is 0 Å². The average Bonchev–Trinajstić information content (AvgIpc) is 3.70. The van der Waals surface area contributed by atoms with Gasteiger partial charge in [-0.15, -0.1) is 0 Å². The second-order valence-electron chi connectivity index (χ2n) is 12.3. The lowest BCUT2D eigenvalue weighted by Crippen LogP contribution is -2.33. The molecule has 0 radical (unpaired) electrons. The zero-order valence-corrected chi connectivity index (χ0v) is 22.5. The van der Waals surface area contributed by atoms with Gasteiger partial charge in [0, 0.05) is 10.0 Å². The summed E-state index contributed by atoms with van der Waals surface area (Å²) in [5, 5.41) is 1.63. The largest absolute Gasteiger partial charge is 0.369 e. The van der Waals surface area contributed by atoms with E-state index in [1.54, 1.807) is 0 Å². The molecule has 0 unspecified atom stereocenters. The lowest BCUT2D eigenvalue weighted by atomic mass is 9.77. The van der Waals surface area contributed by atoms with Crippen LogP contribution in [0, 0.1) is 22.7 Å². The number of hydrogen-bond acceptors (Lipinski definition) is 2. The van der Waals surface area contributed by atoms with E-state index in [1.165, 1.54) is 36.8 Å². The van der Waals surface area contributed by atoms with Crippen molar-refractivity contribution >= 4 is 23.2 Å². The topological polar surface area (TPSA) is 25.1 Å². The molecule has 184 valence electrons. The summed E-state index contributed by atoms with van der Waals surface area (Å²) in [4.78, 5) is 0. The van der Waals surface area contributed by atoms with Crippen LogP contribution in [-0.4, -0.2) is 24.4 Å². The van der Waals surface area contributed by atoms with Crippen molar-refractivity contribution in [2.24, 2.45) is 22.7 Å². The number of halogens is 2. The molecule has 2 aromatic carbocycles. The van der Waals surface area contributed by atoms with Crippen LogP contribution >= 0.6 is 23.2 Å². The molecule has 0 amide bonds. The Hall–Kier alpha value is -1.06. The first-order valence-corrected chi connectivity index (χ1v) is 13.6. The van der Waals surface area contributed by atoms with E-state index in [1.807, 2.05) is 24.3 Å². The standard InChI is InChI=1S/2C15H19ClO/c2*1-14(2)8-7-12(15(14)10-17-15)9-11-3-5-13(16)6-4-11/h2*3-6,12H,7-10H2,1-2H3/t12-,15+;12-,15-/m11/s1. The van der Waals surface area contributed by atoms with Crippen LogP contribution in [0.4, 0.5) is 0 Å². The molecule has 2 saturated heterocycles. The number of ether oxygens (including phenoxy) is 2. The van der Waals surface area contributed by atoms with E-state index in [-0.39, 0.29) is 11.2 Å². The molecule has 2 saturated carbocycles. The number of epoxide rings is 2. The van der Waals surface area contributed by atoms with Crippen molar-refractivity contribution < 1.29 is 9.47 Å². The minimum absolute atomic E-state index is 0.173. The lowest BCUT2D eigenvalue weighted by molar-refractivity contribution is 0.136. The molecule has 6 rings (SSSR count). The highest BCUT2D eigenvalue weighted by Crippen LogP contribution is 2.60. The Balaban J connectivity index is 0.000000142. The minimum Gasteiger partial charge on any atom is -0.369 e. The van der Waals surface area contributed by atoms with Crippen molar-refractivity contribution in [3.05, 3.63) is 69.7 Å². The molecule has 0 aromatic heterocycles. The van der Waals surface area contributed by atoms with Crippen molar-refractivity contribution in [3.63, 3.8) is 0 Å². The third-order valence-corrected chi connectivity index (χ3v) is 10.1. The molecule has 4 aliphatic rings. The van der Waals surface area contributed by atoms with Crippen LogP contribution in [0.25, 0.3) is 0 Å². The third-order valence-electron chi connectivity index (χ3n) is 9.55. The van der Waals surface area contributed by atoms with Gasteiger partial charge >= 0.3 is 0 Å². The van der Waals surface area contributed by atoms with Gasteiger partial charge in [0.15, 0.2) is 0 Å². The summed E-state index contributed by atoms with van der Waals surface area (Å²) in [7, 11) is 0. The summed E-state index contributed by atoms with van der Waals surface area (Å²) in [5.74, 6) is 1.36. The van der Waals surface area contributed by atoms with Crippen molar-refractivity contribution in [1.29, 1.82) is 0 Å². The highest BCUT2D eigenvalue weighted by Gasteiger charge is 2.65. The third kappa shape index (κ3) is 4.45. The monoisotopic (exact) mass is 500 g/mol. The van der Waals surface area contributed by atoms with Gasteiger partial charge in [-0.3, -0.25) is 0 Å². The van der Waals surface area contributed by atoms with Crippen molar-refractivity contribution in [2.45, 2.75) is 77.4 Å². The first-order valence-electron chi connectivity index (χ1n) is 12.8. The molecule has 4 heteroatoms. The second-order valence-corrected chi connectivity index (χ2v) is 13.1. The Morgan fingerprint density at radius 3 is 1.26 bits per heavy atom. The lowest BCUT2D eigenvalue weighted by Gasteiger charge is -2.27.